The van der Waals surface area contributed by atoms with Crippen molar-refractivity contribution in [2.24, 2.45) is 5.92 Å². The number of β-amino-alcohol motifs (C(OH)–C–C–N with tert-alkyl or cyclic N) is 1. The highest BCUT2D eigenvalue weighted by Crippen LogP contribution is 2.18. The van der Waals surface area contributed by atoms with E-state index in [1.807, 2.05) is 13.0 Å². The molecule has 1 saturated heterocycles. The number of hydrogen-bond acceptors (Lipinski definition) is 6. The number of nitrogens with one attached hydrogen (secondary N) is 1. The summed E-state index contributed by atoms with van der Waals surface area (Å²) in [5.74, 6) is 2.25. The van der Waals surface area contributed by atoms with Gasteiger partial charge in [-0.1, -0.05) is 0 Å². The van der Waals surface area contributed by atoms with E-state index in [1.165, 1.54) is 6.33 Å². The summed E-state index contributed by atoms with van der Waals surface area (Å²) >= 11 is 0. The van der Waals surface area contributed by atoms with Crippen molar-refractivity contribution >= 4 is 11.6 Å². The second-order valence-corrected chi connectivity index (χ2v) is 5.64. The van der Waals surface area contributed by atoms with Crippen LogP contribution in [0.1, 0.15) is 18.5 Å². The molecule has 114 valence electrons. The SMILES string of the molecule is Cc1cc(NCC2CCN(CCO)CC2)n2ncnc2n1. The predicted molar refractivity (Wildman–Crippen MR) is 80.3 cm³/mol. The Labute approximate surface area is 124 Å². The first-order valence-corrected chi connectivity index (χ1v) is 7.50. The largest absolute Gasteiger partial charge is 0.395 e. The molecule has 2 aromatic heterocycles. The van der Waals surface area contributed by atoms with E-state index in [2.05, 4.69) is 25.3 Å². The number of aryl methyl sites for hydroxylation is 1. The maximum Gasteiger partial charge on any atom is 0.254 e. The van der Waals surface area contributed by atoms with E-state index in [9.17, 15) is 0 Å². The molecule has 1 fully saturated rings. The Morgan fingerprint density at radius 1 is 1.38 bits per heavy atom. The third-order valence-electron chi connectivity index (χ3n) is 4.08. The van der Waals surface area contributed by atoms with Crippen LogP contribution < -0.4 is 5.32 Å². The van der Waals surface area contributed by atoms with Gasteiger partial charge in [-0.15, -0.1) is 0 Å². The standard InChI is InChI=1S/C14H22N6O/c1-11-8-13(20-14(18-11)16-10-17-20)15-9-12-2-4-19(5-3-12)6-7-21/h8,10,12,15,21H,2-7,9H2,1H3. The van der Waals surface area contributed by atoms with Crippen molar-refractivity contribution in [2.45, 2.75) is 19.8 Å². The zero-order valence-electron chi connectivity index (χ0n) is 12.4. The molecular weight excluding hydrogens is 268 g/mol. The van der Waals surface area contributed by atoms with Crippen molar-refractivity contribution < 1.29 is 5.11 Å². The lowest BCUT2D eigenvalue weighted by atomic mass is 9.97. The number of aliphatic hydroxyl groups excluding tert-OH is 1. The van der Waals surface area contributed by atoms with Crippen LogP contribution in [0.2, 0.25) is 0 Å². The van der Waals surface area contributed by atoms with Gasteiger partial charge in [0.1, 0.15) is 12.1 Å². The maximum absolute atomic E-state index is 8.97. The fraction of sp³-hybridized carbons (Fsp3) is 0.643. The lowest BCUT2D eigenvalue weighted by molar-refractivity contribution is 0.151. The Kier molecular flexibility index (Phi) is 4.31. The molecule has 0 aliphatic carbocycles. The molecule has 0 saturated carbocycles. The van der Waals surface area contributed by atoms with Gasteiger partial charge in [0.15, 0.2) is 0 Å². The average molecular weight is 290 g/mol. The summed E-state index contributed by atoms with van der Waals surface area (Å²) in [7, 11) is 0. The van der Waals surface area contributed by atoms with Crippen LogP contribution in [0.4, 0.5) is 5.82 Å². The summed E-state index contributed by atoms with van der Waals surface area (Å²) < 4.78 is 1.74. The van der Waals surface area contributed by atoms with Gasteiger partial charge in [-0.05, 0) is 38.8 Å². The minimum Gasteiger partial charge on any atom is -0.395 e. The second-order valence-electron chi connectivity index (χ2n) is 5.64. The van der Waals surface area contributed by atoms with Crippen LogP contribution in [-0.2, 0) is 0 Å². The molecule has 0 amide bonds. The first-order valence-electron chi connectivity index (χ1n) is 7.50. The number of anilines is 1. The first-order chi connectivity index (χ1) is 10.3. The van der Waals surface area contributed by atoms with E-state index >= 15 is 0 Å². The molecule has 7 nitrogen and oxygen atoms in total. The molecule has 0 aromatic carbocycles. The van der Waals surface area contributed by atoms with Gasteiger partial charge in [0.05, 0.1) is 6.61 Å². The van der Waals surface area contributed by atoms with Crippen LogP contribution >= 0.6 is 0 Å². The summed E-state index contributed by atoms with van der Waals surface area (Å²) in [6.45, 7) is 6.09. The summed E-state index contributed by atoms with van der Waals surface area (Å²) in [6, 6.07) is 2.00. The number of fused-ring (bicyclic) bond motifs is 1. The lowest BCUT2D eigenvalue weighted by Crippen LogP contribution is -2.37. The molecule has 0 bridgehead atoms. The van der Waals surface area contributed by atoms with Gasteiger partial charge >= 0.3 is 0 Å². The number of nitrogens with zero attached hydrogens (tertiary/aromatic N) is 5. The Hall–Kier alpha value is -1.73. The van der Waals surface area contributed by atoms with Crippen molar-refractivity contribution in [2.75, 3.05) is 38.1 Å². The van der Waals surface area contributed by atoms with Gasteiger partial charge in [-0.2, -0.15) is 14.6 Å². The number of aromatic nitrogens is 4. The fourth-order valence-electron chi connectivity index (χ4n) is 2.86. The minimum absolute atomic E-state index is 0.253. The molecule has 0 unspecified atom stereocenters. The van der Waals surface area contributed by atoms with Gasteiger partial charge in [0.25, 0.3) is 5.78 Å². The smallest absolute Gasteiger partial charge is 0.254 e. The Morgan fingerprint density at radius 2 is 2.19 bits per heavy atom. The van der Waals surface area contributed by atoms with Gasteiger partial charge in [0, 0.05) is 24.8 Å². The van der Waals surface area contributed by atoms with Crippen LogP contribution in [0.15, 0.2) is 12.4 Å². The van der Waals surface area contributed by atoms with Crippen LogP contribution in [-0.4, -0.2) is 62.4 Å². The molecular formula is C14H22N6O. The van der Waals surface area contributed by atoms with Crippen LogP contribution in [0.25, 0.3) is 5.78 Å². The molecule has 0 atom stereocenters. The Morgan fingerprint density at radius 3 is 2.95 bits per heavy atom. The molecule has 0 spiro atoms. The summed E-state index contributed by atoms with van der Waals surface area (Å²) in [4.78, 5) is 10.8. The summed E-state index contributed by atoms with van der Waals surface area (Å²) in [5, 5.41) is 16.7. The number of rotatable bonds is 5. The number of aliphatic hydroxyl groups is 1. The highest BCUT2D eigenvalue weighted by molar-refractivity contribution is 5.44. The molecule has 1 aliphatic rings. The van der Waals surface area contributed by atoms with E-state index in [0.29, 0.717) is 11.7 Å². The zero-order chi connectivity index (χ0) is 14.7. The molecule has 2 N–H and O–H groups in total. The van der Waals surface area contributed by atoms with Crippen LogP contribution in [0.5, 0.6) is 0 Å². The first kappa shape index (κ1) is 14.2. The van der Waals surface area contributed by atoms with Crippen LogP contribution in [0.3, 0.4) is 0 Å². The van der Waals surface area contributed by atoms with E-state index in [0.717, 1.165) is 50.5 Å². The van der Waals surface area contributed by atoms with E-state index in [4.69, 9.17) is 5.11 Å². The monoisotopic (exact) mass is 290 g/mol. The van der Waals surface area contributed by atoms with Gasteiger partial charge in [-0.3, -0.25) is 0 Å². The molecule has 0 radical (unpaired) electrons. The highest BCUT2D eigenvalue weighted by atomic mass is 16.3. The zero-order valence-corrected chi connectivity index (χ0v) is 12.4. The number of hydrogen-bond donors (Lipinski definition) is 2. The fourth-order valence-corrected chi connectivity index (χ4v) is 2.86. The second kappa shape index (κ2) is 6.36. The average Bonchev–Trinajstić information content (AvgIpc) is 2.94. The molecule has 3 heterocycles. The minimum atomic E-state index is 0.253. The highest BCUT2D eigenvalue weighted by Gasteiger charge is 2.18. The molecule has 2 aromatic rings. The van der Waals surface area contributed by atoms with Crippen molar-refractivity contribution in [1.82, 2.24) is 24.5 Å². The summed E-state index contributed by atoms with van der Waals surface area (Å²) in [6.07, 6.45) is 3.86. The number of likely N-dealkylation sites (tertiary alicyclic amines) is 1. The van der Waals surface area contributed by atoms with Crippen molar-refractivity contribution in [3.8, 4) is 0 Å². The van der Waals surface area contributed by atoms with E-state index in [1.54, 1.807) is 4.52 Å². The van der Waals surface area contributed by atoms with Gasteiger partial charge < -0.3 is 15.3 Å². The number of piperidine rings is 1. The van der Waals surface area contributed by atoms with Crippen LogP contribution in [0, 0.1) is 12.8 Å². The van der Waals surface area contributed by atoms with Crippen molar-refractivity contribution in [1.29, 1.82) is 0 Å². The van der Waals surface area contributed by atoms with E-state index < -0.39 is 0 Å². The third kappa shape index (κ3) is 3.30. The van der Waals surface area contributed by atoms with Crippen molar-refractivity contribution in [3.05, 3.63) is 18.1 Å². The molecule has 21 heavy (non-hydrogen) atoms. The quantitative estimate of drug-likeness (QED) is 0.837. The Balaban J connectivity index is 1.59. The molecule has 7 heteroatoms. The topological polar surface area (TPSA) is 78.6 Å². The van der Waals surface area contributed by atoms with Crippen molar-refractivity contribution in [3.63, 3.8) is 0 Å². The predicted octanol–water partition coefficient (Wildman–Crippen LogP) is 0.549. The van der Waals surface area contributed by atoms with Gasteiger partial charge in [0.2, 0.25) is 0 Å². The van der Waals surface area contributed by atoms with E-state index in [-0.39, 0.29) is 6.61 Å². The molecule has 1 aliphatic heterocycles. The van der Waals surface area contributed by atoms with Gasteiger partial charge in [-0.25, -0.2) is 4.98 Å². The normalized spacial score (nSPS) is 17.4. The Bertz CT molecular complexity index is 590. The maximum atomic E-state index is 8.97. The molecule has 3 rings (SSSR count). The summed E-state index contributed by atoms with van der Waals surface area (Å²) in [5.41, 5.74) is 0.941. The lowest BCUT2D eigenvalue weighted by Gasteiger charge is -2.31. The third-order valence-corrected chi connectivity index (χ3v) is 4.08.